The van der Waals surface area contributed by atoms with Gasteiger partial charge in [-0.05, 0) is 19.9 Å². The summed E-state index contributed by atoms with van der Waals surface area (Å²) in [6.07, 6.45) is -4.81. The van der Waals surface area contributed by atoms with Gasteiger partial charge in [0.15, 0.2) is 10.5 Å². The van der Waals surface area contributed by atoms with E-state index in [1.807, 2.05) is 0 Å². The highest BCUT2D eigenvalue weighted by Crippen LogP contribution is 2.43. The Morgan fingerprint density at radius 1 is 1.61 bits per heavy atom. The molecule has 1 aromatic rings. The molecule has 1 unspecified atom stereocenters. The Hall–Kier alpha value is -1.15. The third kappa shape index (κ3) is 2.22. The summed E-state index contributed by atoms with van der Waals surface area (Å²) in [7, 11) is 0. The van der Waals surface area contributed by atoms with E-state index in [0.29, 0.717) is 5.69 Å². The van der Waals surface area contributed by atoms with E-state index in [0.717, 1.165) is 11.3 Å². The second-order valence-electron chi connectivity index (χ2n) is 4.25. The predicted molar refractivity (Wildman–Crippen MR) is 61.5 cm³/mol. The summed E-state index contributed by atoms with van der Waals surface area (Å²) in [5.41, 5.74) is -1.67. The number of amides is 1. The Balaban J connectivity index is 2.20. The van der Waals surface area contributed by atoms with Crippen LogP contribution in [0, 0.1) is 12.3 Å². The zero-order valence-corrected chi connectivity index (χ0v) is 10.4. The van der Waals surface area contributed by atoms with Crippen molar-refractivity contribution in [2.45, 2.75) is 19.5 Å². The first-order chi connectivity index (χ1) is 8.35. The molecule has 0 radical (unpaired) electrons. The van der Waals surface area contributed by atoms with Crippen LogP contribution in [0.4, 0.5) is 18.3 Å². The van der Waals surface area contributed by atoms with Crippen LogP contribution in [-0.2, 0) is 4.79 Å². The molecule has 1 fully saturated rings. The minimum atomic E-state index is -4.56. The zero-order chi connectivity index (χ0) is 13.4. The molecule has 0 saturated carbocycles. The molecule has 1 atom stereocenters. The number of aryl methyl sites for hydroxylation is 1. The first kappa shape index (κ1) is 13.3. The summed E-state index contributed by atoms with van der Waals surface area (Å²) in [6.45, 7) is 1.51. The van der Waals surface area contributed by atoms with Gasteiger partial charge >= 0.3 is 6.18 Å². The normalized spacial score (nSPS) is 24.2. The standard InChI is InChI=1S/C10H12F3N3OS/c1-6-4-18-8(15-6)16-7(17)9(10(11,12)13)2-3-14-5-9/h4,14H,2-3,5H2,1H3,(H,15,16,17). The highest BCUT2D eigenvalue weighted by atomic mass is 32.1. The zero-order valence-electron chi connectivity index (χ0n) is 9.60. The maximum absolute atomic E-state index is 13.1. The van der Waals surface area contributed by atoms with E-state index in [1.165, 1.54) is 0 Å². The Morgan fingerprint density at radius 3 is 2.78 bits per heavy atom. The molecule has 0 aliphatic carbocycles. The van der Waals surface area contributed by atoms with Crippen molar-refractivity contribution in [3.05, 3.63) is 11.1 Å². The van der Waals surface area contributed by atoms with Gasteiger partial charge in [-0.15, -0.1) is 11.3 Å². The van der Waals surface area contributed by atoms with Gasteiger partial charge < -0.3 is 10.6 Å². The van der Waals surface area contributed by atoms with Crippen LogP contribution >= 0.6 is 11.3 Å². The van der Waals surface area contributed by atoms with Crippen molar-refractivity contribution in [3.63, 3.8) is 0 Å². The smallest absolute Gasteiger partial charge is 0.315 e. The maximum Gasteiger partial charge on any atom is 0.404 e. The molecular formula is C10H12F3N3OS. The fourth-order valence-corrected chi connectivity index (χ4v) is 2.57. The van der Waals surface area contributed by atoms with Crippen molar-refractivity contribution >= 4 is 22.4 Å². The van der Waals surface area contributed by atoms with Gasteiger partial charge in [0.2, 0.25) is 5.91 Å². The van der Waals surface area contributed by atoms with E-state index >= 15 is 0 Å². The fourth-order valence-electron chi connectivity index (χ4n) is 1.88. The van der Waals surface area contributed by atoms with Crippen molar-refractivity contribution in [2.24, 2.45) is 5.41 Å². The number of halogens is 3. The van der Waals surface area contributed by atoms with E-state index in [-0.39, 0.29) is 24.6 Å². The third-order valence-corrected chi connectivity index (χ3v) is 3.85. The molecule has 2 heterocycles. The van der Waals surface area contributed by atoms with E-state index < -0.39 is 17.5 Å². The second-order valence-corrected chi connectivity index (χ2v) is 5.11. The summed E-state index contributed by atoms with van der Waals surface area (Å²) in [5, 5.41) is 6.73. The van der Waals surface area contributed by atoms with Crippen LogP contribution in [-0.4, -0.2) is 30.2 Å². The monoisotopic (exact) mass is 279 g/mol. The third-order valence-electron chi connectivity index (χ3n) is 2.97. The summed E-state index contributed by atoms with van der Waals surface area (Å²) in [5.74, 6) is -1.03. The van der Waals surface area contributed by atoms with E-state index in [4.69, 9.17) is 0 Å². The molecule has 1 aliphatic heterocycles. The maximum atomic E-state index is 13.1. The van der Waals surface area contributed by atoms with Crippen molar-refractivity contribution in [1.29, 1.82) is 0 Å². The molecule has 18 heavy (non-hydrogen) atoms. The SMILES string of the molecule is Cc1csc(NC(=O)C2(C(F)(F)F)CCNC2)n1. The van der Waals surface area contributed by atoms with Gasteiger partial charge in [-0.1, -0.05) is 0 Å². The van der Waals surface area contributed by atoms with E-state index in [2.05, 4.69) is 15.6 Å². The van der Waals surface area contributed by atoms with Crippen molar-refractivity contribution in [2.75, 3.05) is 18.4 Å². The lowest BCUT2D eigenvalue weighted by molar-refractivity contribution is -0.213. The van der Waals surface area contributed by atoms with Crippen molar-refractivity contribution < 1.29 is 18.0 Å². The van der Waals surface area contributed by atoms with Crippen LogP contribution in [0.2, 0.25) is 0 Å². The molecule has 2 N–H and O–H groups in total. The number of anilines is 1. The molecule has 8 heteroatoms. The predicted octanol–water partition coefficient (Wildman–Crippen LogP) is 1.93. The summed E-state index contributed by atoms with van der Waals surface area (Å²) < 4.78 is 39.2. The van der Waals surface area contributed by atoms with Gasteiger partial charge in [-0.25, -0.2) is 4.98 Å². The summed E-state index contributed by atoms with van der Waals surface area (Å²) >= 11 is 1.12. The number of carbonyl (C=O) groups is 1. The van der Waals surface area contributed by atoms with E-state index in [1.54, 1.807) is 12.3 Å². The molecule has 1 aromatic heterocycles. The van der Waals surface area contributed by atoms with Crippen LogP contribution in [0.15, 0.2) is 5.38 Å². The largest absolute Gasteiger partial charge is 0.404 e. The number of aromatic nitrogens is 1. The highest BCUT2D eigenvalue weighted by Gasteiger charge is 2.61. The molecule has 100 valence electrons. The first-order valence-electron chi connectivity index (χ1n) is 5.36. The minimum Gasteiger partial charge on any atom is -0.315 e. The average Bonchev–Trinajstić information content (AvgIpc) is 2.86. The molecule has 1 aliphatic rings. The Bertz CT molecular complexity index is 451. The van der Waals surface area contributed by atoms with Crippen LogP contribution in [0.1, 0.15) is 12.1 Å². The quantitative estimate of drug-likeness (QED) is 0.869. The van der Waals surface area contributed by atoms with Gasteiger partial charge in [0.25, 0.3) is 0 Å². The van der Waals surface area contributed by atoms with Gasteiger partial charge in [-0.2, -0.15) is 13.2 Å². The average molecular weight is 279 g/mol. The van der Waals surface area contributed by atoms with Crippen molar-refractivity contribution in [3.8, 4) is 0 Å². The molecule has 4 nitrogen and oxygen atoms in total. The topological polar surface area (TPSA) is 54.0 Å². The second kappa shape index (κ2) is 4.51. The van der Waals surface area contributed by atoms with Crippen LogP contribution < -0.4 is 10.6 Å². The van der Waals surface area contributed by atoms with Crippen LogP contribution in [0.5, 0.6) is 0 Å². The molecule has 0 aromatic carbocycles. The van der Waals surface area contributed by atoms with Crippen molar-refractivity contribution in [1.82, 2.24) is 10.3 Å². The summed E-state index contributed by atoms with van der Waals surface area (Å²) in [6, 6.07) is 0. The van der Waals surface area contributed by atoms with Gasteiger partial charge in [-0.3, -0.25) is 4.79 Å². The molecule has 1 saturated heterocycles. The highest BCUT2D eigenvalue weighted by molar-refractivity contribution is 7.13. The Labute approximate surface area is 106 Å². The molecule has 0 spiro atoms. The Kier molecular flexibility index (Phi) is 3.33. The lowest BCUT2D eigenvalue weighted by atomic mass is 9.85. The number of hydrogen-bond acceptors (Lipinski definition) is 4. The molecular weight excluding hydrogens is 267 g/mol. The minimum absolute atomic E-state index is 0.184. The summed E-state index contributed by atoms with van der Waals surface area (Å²) in [4.78, 5) is 15.8. The van der Waals surface area contributed by atoms with Crippen LogP contribution in [0.3, 0.4) is 0 Å². The van der Waals surface area contributed by atoms with Crippen LogP contribution in [0.25, 0.3) is 0 Å². The Morgan fingerprint density at radius 2 is 2.33 bits per heavy atom. The first-order valence-corrected chi connectivity index (χ1v) is 6.24. The van der Waals surface area contributed by atoms with Gasteiger partial charge in [0, 0.05) is 11.9 Å². The number of thiazole rings is 1. The molecule has 1 amide bonds. The number of nitrogens with zero attached hydrogens (tertiary/aromatic N) is 1. The molecule has 2 rings (SSSR count). The number of nitrogens with one attached hydrogen (secondary N) is 2. The van der Waals surface area contributed by atoms with Gasteiger partial charge in [0.05, 0.1) is 5.69 Å². The number of hydrogen-bond donors (Lipinski definition) is 2. The lowest BCUT2D eigenvalue weighted by Crippen LogP contribution is -2.49. The number of rotatable bonds is 2. The number of alkyl halides is 3. The van der Waals surface area contributed by atoms with E-state index in [9.17, 15) is 18.0 Å². The lowest BCUT2D eigenvalue weighted by Gasteiger charge is -2.28. The molecule has 0 bridgehead atoms. The number of carbonyl (C=O) groups excluding carboxylic acids is 1. The van der Waals surface area contributed by atoms with Gasteiger partial charge in [0.1, 0.15) is 0 Å². The fraction of sp³-hybridized carbons (Fsp3) is 0.600.